The summed E-state index contributed by atoms with van der Waals surface area (Å²) in [6, 6.07) is 10.6. The van der Waals surface area contributed by atoms with Crippen molar-refractivity contribution in [3.05, 3.63) is 58.3 Å². The highest BCUT2D eigenvalue weighted by Crippen LogP contribution is 2.28. The maximum atomic E-state index is 14.0. The minimum Gasteiger partial charge on any atom is -0.324 e. The molecule has 0 aliphatic carbocycles. The largest absolute Gasteiger partial charge is 0.324 e. The van der Waals surface area contributed by atoms with E-state index in [1.54, 1.807) is 30.3 Å². The summed E-state index contributed by atoms with van der Waals surface area (Å²) in [6.07, 6.45) is 2.19. The molecule has 2 aromatic carbocycles. The zero-order chi connectivity index (χ0) is 20.3. The molecule has 1 amide bonds. The Morgan fingerprint density at radius 1 is 1.21 bits per heavy atom. The SMILES string of the molecule is Cc1ccc(S(=O)(=O)N2CCCC[C@@H]2CC(=O)Nc2ccc(Br)cc2F)cc1. The van der Waals surface area contributed by atoms with Crippen molar-refractivity contribution in [1.82, 2.24) is 4.31 Å². The Bertz CT molecular complexity index is 964. The smallest absolute Gasteiger partial charge is 0.243 e. The van der Waals surface area contributed by atoms with E-state index in [1.165, 1.54) is 16.4 Å². The van der Waals surface area contributed by atoms with Crippen molar-refractivity contribution >= 4 is 37.5 Å². The molecule has 1 fully saturated rings. The topological polar surface area (TPSA) is 66.5 Å². The van der Waals surface area contributed by atoms with Crippen molar-refractivity contribution in [1.29, 1.82) is 0 Å². The molecule has 1 aliphatic heterocycles. The minimum absolute atomic E-state index is 0.0133. The molecule has 1 N–H and O–H groups in total. The van der Waals surface area contributed by atoms with Crippen molar-refractivity contribution in [3.63, 3.8) is 0 Å². The molecular weight excluding hydrogens is 447 g/mol. The monoisotopic (exact) mass is 468 g/mol. The maximum Gasteiger partial charge on any atom is 0.243 e. The van der Waals surface area contributed by atoms with E-state index in [-0.39, 0.29) is 17.0 Å². The molecule has 0 aromatic heterocycles. The third-order valence-corrected chi connectivity index (χ3v) is 7.29. The van der Waals surface area contributed by atoms with Crippen LogP contribution in [-0.4, -0.2) is 31.2 Å². The normalized spacial score (nSPS) is 18.0. The number of benzene rings is 2. The van der Waals surface area contributed by atoms with Crippen LogP contribution in [0.5, 0.6) is 0 Å². The molecule has 0 saturated carbocycles. The number of aryl methyl sites for hydroxylation is 1. The molecule has 1 heterocycles. The van der Waals surface area contributed by atoms with E-state index in [1.807, 2.05) is 6.92 Å². The predicted molar refractivity (Wildman–Crippen MR) is 110 cm³/mol. The lowest BCUT2D eigenvalue weighted by molar-refractivity contribution is -0.117. The summed E-state index contributed by atoms with van der Waals surface area (Å²) >= 11 is 3.17. The van der Waals surface area contributed by atoms with Gasteiger partial charge < -0.3 is 5.32 Å². The molecule has 5 nitrogen and oxygen atoms in total. The lowest BCUT2D eigenvalue weighted by atomic mass is 10.0. The number of halogens is 2. The van der Waals surface area contributed by atoms with Crippen LogP contribution < -0.4 is 5.32 Å². The lowest BCUT2D eigenvalue weighted by Gasteiger charge is -2.34. The first-order valence-electron chi connectivity index (χ1n) is 9.11. The Morgan fingerprint density at radius 2 is 1.93 bits per heavy atom. The first kappa shape index (κ1) is 21.0. The number of nitrogens with one attached hydrogen (secondary N) is 1. The summed E-state index contributed by atoms with van der Waals surface area (Å²) in [6.45, 7) is 2.27. The van der Waals surface area contributed by atoms with Gasteiger partial charge in [-0.3, -0.25) is 4.79 Å². The van der Waals surface area contributed by atoms with Gasteiger partial charge in [0.05, 0.1) is 10.6 Å². The minimum atomic E-state index is -3.69. The zero-order valence-corrected chi connectivity index (χ0v) is 17.9. The molecule has 0 spiro atoms. The van der Waals surface area contributed by atoms with Crippen molar-refractivity contribution in [2.24, 2.45) is 0 Å². The van der Waals surface area contributed by atoms with E-state index in [9.17, 15) is 17.6 Å². The van der Waals surface area contributed by atoms with E-state index < -0.39 is 27.8 Å². The molecule has 1 saturated heterocycles. The number of carbonyl (C=O) groups excluding carboxylic acids is 1. The van der Waals surface area contributed by atoms with E-state index in [0.29, 0.717) is 17.4 Å². The first-order valence-corrected chi connectivity index (χ1v) is 11.3. The van der Waals surface area contributed by atoms with Gasteiger partial charge in [0, 0.05) is 23.5 Å². The highest BCUT2D eigenvalue weighted by Gasteiger charge is 2.34. The van der Waals surface area contributed by atoms with Gasteiger partial charge in [0.1, 0.15) is 5.82 Å². The molecular formula is C20H22BrFN2O3S. The fraction of sp³-hybridized carbons (Fsp3) is 0.350. The molecule has 2 aromatic rings. The Balaban J connectivity index is 1.75. The van der Waals surface area contributed by atoms with Gasteiger partial charge in [-0.15, -0.1) is 0 Å². The van der Waals surface area contributed by atoms with Gasteiger partial charge in [-0.05, 0) is 50.1 Å². The molecule has 3 rings (SSSR count). The lowest BCUT2D eigenvalue weighted by Crippen LogP contribution is -2.45. The van der Waals surface area contributed by atoms with Crippen LogP contribution in [0.1, 0.15) is 31.2 Å². The molecule has 1 aliphatic rings. The average Bonchev–Trinajstić information content (AvgIpc) is 2.65. The summed E-state index contributed by atoms with van der Waals surface area (Å²) in [7, 11) is -3.69. The summed E-state index contributed by atoms with van der Waals surface area (Å²) < 4.78 is 42.1. The number of piperidine rings is 1. The van der Waals surface area contributed by atoms with Crippen molar-refractivity contribution in [3.8, 4) is 0 Å². The number of amides is 1. The molecule has 8 heteroatoms. The van der Waals surface area contributed by atoms with E-state index in [0.717, 1.165) is 18.4 Å². The second-order valence-corrected chi connectivity index (χ2v) is 9.76. The van der Waals surface area contributed by atoms with Crippen molar-refractivity contribution in [2.75, 3.05) is 11.9 Å². The average molecular weight is 469 g/mol. The van der Waals surface area contributed by atoms with Crippen LogP contribution in [0.25, 0.3) is 0 Å². The van der Waals surface area contributed by atoms with E-state index >= 15 is 0 Å². The van der Waals surface area contributed by atoms with Gasteiger partial charge in [0.2, 0.25) is 15.9 Å². The Labute approximate surface area is 173 Å². The fourth-order valence-corrected chi connectivity index (χ4v) is 5.37. The van der Waals surface area contributed by atoms with E-state index in [4.69, 9.17) is 0 Å². The van der Waals surface area contributed by atoms with Gasteiger partial charge in [-0.1, -0.05) is 40.0 Å². The number of hydrogen-bond acceptors (Lipinski definition) is 3. The number of carbonyl (C=O) groups is 1. The van der Waals surface area contributed by atoms with Crippen LogP contribution in [0.2, 0.25) is 0 Å². The number of sulfonamides is 1. The van der Waals surface area contributed by atoms with Gasteiger partial charge in [0.15, 0.2) is 0 Å². The second-order valence-electron chi connectivity index (χ2n) is 6.95. The Morgan fingerprint density at radius 3 is 2.61 bits per heavy atom. The molecule has 0 unspecified atom stereocenters. The summed E-state index contributed by atoms with van der Waals surface area (Å²) in [4.78, 5) is 12.7. The standard InChI is InChI=1S/C20H22BrFN2O3S/c1-14-5-8-17(9-6-14)28(26,27)24-11-3-2-4-16(24)13-20(25)23-19-10-7-15(21)12-18(19)22/h5-10,12,16H,2-4,11,13H2,1H3,(H,23,25)/t16-/m1/s1. The third kappa shape index (κ3) is 4.79. The number of nitrogens with zero attached hydrogens (tertiary/aromatic N) is 1. The van der Waals surface area contributed by atoms with Crippen LogP contribution >= 0.6 is 15.9 Å². The highest BCUT2D eigenvalue weighted by molar-refractivity contribution is 9.10. The van der Waals surface area contributed by atoms with Gasteiger partial charge in [-0.25, -0.2) is 12.8 Å². The summed E-state index contributed by atoms with van der Waals surface area (Å²) in [5.41, 5.74) is 1.06. The van der Waals surface area contributed by atoms with E-state index in [2.05, 4.69) is 21.2 Å². The Kier molecular flexibility index (Phi) is 6.52. The number of anilines is 1. The molecule has 150 valence electrons. The van der Waals surface area contributed by atoms with Gasteiger partial charge >= 0.3 is 0 Å². The zero-order valence-electron chi connectivity index (χ0n) is 15.5. The quantitative estimate of drug-likeness (QED) is 0.703. The third-order valence-electron chi connectivity index (χ3n) is 4.83. The Hall–Kier alpha value is -1.77. The van der Waals surface area contributed by atoms with Crippen LogP contribution in [0, 0.1) is 12.7 Å². The maximum absolute atomic E-state index is 14.0. The summed E-state index contributed by atoms with van der Waals surface area (Å²) in [5, 5.41) is 2.55. The van der Waals surface area contributed by atoms with Crippen LogP contribution in [0.15, 0.2) is 51.8 Å². The molecule has 0 radical (unpaired) electrons. The van der Waals surface area contributed by atoms with Gasteiger partial charge in [0.25, 0.3) is 0 Å². The van der Waals surface area contributed by atoms with Crippen LogP contribution in [0.3, 0.4) is 0 Å². The summed E-state index contributed by atoms with van der Waals surface area (Å²) in [5.74, 6) is -0.951. The molecule has 28 heavy (non-hydrogen) atoms. The highest BCUT2D eigenvalue weighted by atomic mass is 79.9. The molecule has 1 atom stereocenters. The number of hydrogen-bond donors (Lipinski definition) is 1. The van der Waals surface area contributed by atoms with Crippen molar-refractivity contribution < 1.29 is 17.6 Å². The van der Waals surface area contributed by atoms with Gasteiger partial charge in [-0.2, -0.15) is 4.31 Å². The fourth-order valence-electron chi connectivity index (χ4n) is 3.35. The van der Waals surface area contributed by atoms with Crippen LogP contribution in [-0.2, 0) is 14.8 Å². The second kappa shape index (κ2) is 8.71. The number of rotatable bonds is 5. The van der Waals surface area contributed by atoms with Crippen molar-refractivity contribution in [2.45, 2.75) is 43.5 Å². The first-order chi connectivity index (χ1) is 13.3. The van der Waals surface area contributed by atoms with Crippen LogP contribution in [0.4, 0.5) is 10.1 Å². The molecule has 0 bridgehead atoms. The predicted octanol–water partition coefficient (Wildman–Crippen LogP) is 4.47.